The molecule has 1 amide bonds. The zero-order chi connectivity index (χ0) is 19.9. The Morgan fingerprint density at radius 2 is 1.93 bits per heavy atom. The SMILES string of the molecule is O=C(NCCn1cncn1)c1ccc(-n2cccn2)c(C#Cc2ccccc2)c1. The van der Waals surface area contributed by atoms with Crippen molar-refractivity contribution in [3.8, 4) is 17.5 Å². The Hall–Kier alpha value is -4.18. The van der Waals surface area contributed by atoms with E-state index in [9.17, 15) is 4.79 Å². The van der Waals surface area contributed by atoms with Crippen LogP contribution in [0.4, 0.5) is 0 Å². The fourth-order valence-corrected chi connectivity index (χ4v) is 2.78. The van der Waals surface area contributed by atoms with Crippen LogP contribution in [0.3, 0.4) is 0 Å². The molecule has 0 aliphatic carbocycles. The Balaban J connectivity index is 1.57. The van der Waals surface area contributed by atoms with Crippen molar-refractivity contribution in [3.63, 3.8) is 0 Å². The maximum absolute atomic E-state index is 12.6. The second-order valence-electron chi connectivity index (χ2n) is 6.21. The smallest absolute Gasteiger partial charge is 0.251 e. The van der Waals surface area contributed by atoms with E-state index in [1.807, 2.05) is 48.7 Å². The van der Waals surface area contributed by atoms with Gasteiger partial charge in [0.15, 0.2) is 0 Å². The Morgan fingerprint density at radius 1 is 1.03 bits per heavy atom. The molecule has 4 rings (SSSR count). The van der Waals surface area contributed by atoms with E-state index in [1.165, 1.54) is 6.33 Å². The molecule has 0 fully saturated rings. The molecule has 7 heteroatoms. The fourth-order valence-electron chi connectivity index (χ4n) is 2.78. The van der Waals surface area contributed by atoms with Gasteiger partial charge in [0.05, 0.1) is 17.8 Å². The molecule has 0 aliphatic heterocycles. The molecule has 0 unspecified atom stereocenters. The van der Waals surface area contributed by atoms with Crippen LogP contribution in [0.25, 0.3) is 5.69 Å². The first kappa shape index (κ1) is 18.2. The van der Waals surface area contributed by atoms with Crippen molar-refractivity contribution in [2.75, 3.05) is 6.54 Å². The topological polar surface area (TPSA) is 77.6 Å². The Bertz CT molecular complexity index is 1140. The molecule has 0 bridgehead atoms. The van der Waals surface area contributed by atoms with E-state index >= 15 is 0 Å². The standard InChI is InChI=1S/C22H18N6O/c29-22(24-12-14-27-17-23-16-26-27)20-9-10-21(28-13-4-11-25-28)19(15-20)8-7-18-5-2-1-3-6-18/h1-6,9-11,13,15-17H,12,14H2,(H,24,29). The van der Waals surface area contributed by atoms with Crippen molar-refractivity contribution in [1.29, 1.82) is 0 Å². The molecule has 7 nitrogen and oxygen atoms in total. The molecule has 4 aromatic rings. The molecule has 142 valence electrons. The van der Waals surface area contributed by atoms with E-state index in [0.717, 1.165) is 16.8 Å². The first-order valence-electron chi connectivity index (χ1n) is 9.11. The number of aromatic nitrogens is 5. The van der Waals surface area contributed by atoms with Crippen LogP contribution in [0.5, 0.6) is 0 Å². The molecular weight excluding hydrogens is 364 g/mol. The molecule has 2 heterocycles. The maximum Gasteiger partial charge on any atom is 0.251 e. The van der Waals surface area contributed by atoms with E-state index in [4.69, 9.17) is 0 Å². The van der Waals surface area contributed by atoms with Gasteiger partial charge >= 0.3 is 0 Å². The van der Waals surface area contributed by atoms with Crippen molar-refractivity contribution < 1.29 is 4.79 Å². The van der Waals surface area contributed by atoms with E-state index < -0.39 is 0 Å². The van der Waals surface area contributed by atoms with E-state index in [2.05, 4.69) is 32.3 Å². The maximum atomic E-state index is 12.6. The summed E-state index contributed by atoms with van der Waals surface area (Å²) in [6.07, 6.45) is 6.63. The lowest BCUT2D eigenvalue weighted by atomic mass is 10.1. The van der Waals surface area contributed by atoms with Crippen molar-refractivity contribution in [1.82, 2.24) is 29.9 Å². The number of benzene rings is 2. The first-order chi connectivity index (χ1) is 14.3. The van der Waals surface area contributed by atoms with Gasteiger partial charge in [-0.1, -0.05) is 30.0 Å². The number of nitrogens with one attached hydrogen (secondary N) is 1. The van der Waals surface area contributed by atoms with Crippen molar-refractivity contribution in [3.05, 3.63) is 96.3 Å². The van der Waals surface area contributed by atoms with Crippen LogP contribution in [0.1, 0.15) is 21.5 Å². The molecule has 29 heavy (non-hydrogen) atoms. The molecule has 0 atom stereocenters. The van der Waals surface area contributed by atoms with Crippen molar-refractivity contribution >= 4 is 5.91 Å². The van der Waals surface area contributed by atoms with E-state index in [1.54, 1.807) is 34.0 Å². The molecule has 0 aliphatic rings. The van der Waals surface area contributed by atoms with Gasteiger partial charge in [-0.2, -0.15) is 10.2 Å². The largest absolute Gasteiger partial charge is 0.350 e. The molecule has 0 radical (unpaired) electrons. The average molecular weight is 382 g/mol. The predicted octanol–water partition coefficient (Wildman–Crippen LogP) is 2.29. The number of carbonyl (C=O) groups is 1. The quantitative estimate of drug-likeness (QED) is 0.537. The van der Waals surface area contributed by atoms with E-state index in [0.29, 0.717) is 18.7 Å². The lowest BCUT2D eigenvalue weighted by Crippen LogP contribution is -2.27. The second kappa shape index (κ2) is 8.67. The summed E-state index contributed by atoms with van der Waals surface area (Å²) in [6, 6.07) is 17.0. The number of hydrogen-bond donors (Lipinski definition) is 1. The van der Waals surface area contributed by atoms with Gasteiger partial charge in [-0.25, -0.2) is 9.67 Å². The average Bonchev–Trinajstić information content (AvgIpc) is 3.47. The molecule has 2 aromatic carbocycles. The Labute approximate surface area is 168 Å². The molecule has 2 aromatic heterocycles. The number of amides is 1. The van der Waals surface area contributed by atoms with Crippen LogP contribution in [-0.4, -0.2) is 37.0 Å². The third-order valence-electron chi connectivity index (χ3n) is 4.22. The van der Waals surface area contributed by atoms with Gasteiger partial charge in [0.25, 0.3) is 5.91 Å². The highest BCUT2D eigenvalue weighted by molar-refractivity contribution is 5.95. The van der Waals surface area contributed by atoms with Crippen LogP contribution in [-0.2, 0) is 6.54 Å². The second-order valence-corrected chi connectivity index (χ2v) is 6.21. The van der Waals surface area contributed by atoms with Crippen LogP contribution in [0, 0.1) is 11.8 Å². The zero-order valence-electron chi connectivity index (χ0n) is 15.6. The summed E-state index contributed by atoms with van der Waals surface area (Å²) < 4.78 is 3.40. The predicted molar refractivity (Wildman–Crippen MR) is 108 cm³/mol. The van der Waals surface area contributed by atoms with Crippen LogP contribution in [0.15, 0.2) is 79.6 Å². The first-order valence-corrected chi connectivity index (χ1v) is 9.11. The van der Waals surface area contributed by atoms with Gasteiger partial charge in [-0.15, -0.1) is 0 Å². The molecule has 1 N–H and O–H groups in total. The molecule has 0 saturated heterocycles. The zero-order valence-corrected chi connectivity index (χ0v) is 15.6. The van der Waals surface area contributed by atoms with Gasteiger partial charge in [0.2, 0.25) is 0 Å². The van der Waals surface area contributed by atoms with Crippen molar-refractivity contribution in [2.45, 2.75) is 6.54 Å². The normalized spacial score (nSPS) is 10.2. The lowest BCUT2D eigenvalue weighted by molar-refractivity contribution is 0.0952. The van der Waals surface area contributed by atoms with Crippen LogP contribution < -0.4 is 5.32 Å². The molecule has 0 spiro atoms. The number of nitrogens with zero attached hydrogens (tertiary/aromatic N) is 5. The van der Waals surface area contributed by atoms with Gasteiger partial charge < -0.3 is 5.32 Å². The fraction of sp³-hybridized carbons (Fsp3) is 0.0909. The summed E-state index contributed by atoms with van der Waals surface area (Å²) >= 11 is 0. The van der Waals surface area contributed by atoms with Gasteiger partial charge in [-0.3, -0.25) is 9.48 Å². The summed E-state index contributed by atoms with van der Waals surface area (Å²) in [7, 11) is 0. The van der Waals surface area contributed by atoms with Crippen molar-refractivity contribution in [2.24, 2.45) is 0 Å². The molecular formula is C22H18N6O. The Kier molecular flexibility index (Phi) is 5.44. The highest BCUT2D eigenvalue weighted by Gasteiger charge is 2.10. The molecule has 0 saturated carbocycles. The minimum absolute atomic E-state index is 0.167. The lowest BCUT2D eigenvalue weighted by Gasteiger charge is -2.09. The highest BCUT2D eigenvalue weighted by atomic mass is 16.1. The minimum atomic E-state index is -0.167. The summed E-state index contributed by atoms with van der Waals surface area (Å²) in [4.78, 5) is 16.5. The number of carbonyl (C=O) groups excluding carboxylic acids is 1. The monoisotopic (exact) mass is 382 g/mol. The van der Waals surface area contributed by atoms with Gasteiger partial charge in [0, 0.05) is 30.1 Å². The summed E-state index contributed by atoms with van der Waals surface area (Å²) in [5.41, 5.74) is 2.98. The third kappa shape index (κ3) is 4.57. The minimum Gasteiger partial charge on any atom is -0.350 e. The van der Waals surface area contributed by atoms with Gasteiger partial charge in [0.1, 0.15) is 12.7 Å². The van der Waals surface area contributed by atoms with E-state index in [-0.39, 0.29) is 5.91 Å². The highest BCUT2D eigenvalue weighted by Crippen LogP contribution is 2.16. The van der Waals surface area contributed by atoms with Crippen LogP contribution in [0.2, 0.25) is 0 Å². The van der Waals surface area contributed by atoms with Crippen LogP contribution >= 0.6 is 0 Å². The van der Waals surface area contributed by atoms with Gasteiger partial charge in [-0.05, 0) is 36.4 Å². The number of rotatable bonds is 5. The Morgan fingerprint density at radius 3 is 2.69 bits per heavy atom. The summed E-state index contributed by atoms with van der Waals surface area (Å²) in [5, 5.41) is 11.2. The summed E-state index contributed by atoms with van der Waals surface area (Å²) in [5.74, 6) is 6.16. The summed E-state index contributed by atoms with van der Waals surface area (Å²) in [6.45, 7) is 1.01. The third-order valence-corrected chi connectivity index (χ3v) is 4.22. The number of hydrogen-bond acceptors (Lipinski definition) is 4.